The van der Waals surface area contributed by atoms with E-state index in [0.717, 1.165) is 11.3 Å². The molecule has 2 rings (SSSR count). The van der Waals surface area contributed by atoms with E-state index >= 15 is 0 Å². The van der Waals surface area contributed by atoms with Gasteiger partial charge in [-0.3, -0.25) is 0 Å². The molecule has 0 radical (unpaired) electrons. The third kappa shape index (κ3) is 5.19. The first-order valence-corrected chi connectivity index (χ1v) is 8.89. The van der Waals surface area contributed by atoms with Gasteiger partial charge < -0.3 is 15.0 Å². The normalized spacial score (nSPS) is 11.7. The van der Waals surface area contributed by atoms with E-state index in [0.29, 0.717) is 17.4 Å². The Balaban J connectivity index is 2.04. The number of ether oxygens (including phenoxy) is 1. The Morgan fingerprint density at radius 3 is 2.52 bits per heavy atom. The zero-order valence-corrected chi connectivity index (χ0v) is 16.1. The molecule has 0 fully saturated rings. The third-order valence-electron chi connectivity index (χ3n) is 4.00. The van der Waals surface area contributed by atoms with Gasteiger partial charge in [-0.05, 0) is 56.2 Å². The molecule has 2 aromatic carbocycles. The highest BCUT2D eigenvalue weighted by Crippen LogP contribution is 2.20. The third-order valence-corrected chi connectivity index (χ3v) is 4.49. The number of hydrogen-bond donors (Lipinski definition) is 1. The Morgan fingerprint density at radius 2 is 1.96 bits per heavy atom. The lowest BCUT2D eigenvalue weighted by Crippen LogP contribution is -2.42. The average molecular weight is 409 g/mol. The van der Waals surface area contributed by atoms with Gasteiger partial charge in [-0.1, -0.05) is 28.1 Å². The summed E-state index contributed by atoms with van der Waals surface area (Å²) in [5.74, 6) is 0.328. The first-order chi connectivity index (χ1) is 11.9. The molecule has 1 atom stereocenters. The highest BCUT2D eigenvalue weighted by molar-refractivity contribution is 9.10. The van der Waals surface area contributed by atoms with Crippen molar-refractivity contribution in [3.05, 3.63) is 58.3 Å². The Labute approximate surface area is 156 Å². The Bertz CT molecular complexity index is 722. The lowest BCUT2D eigenvalue weighted by molar-refractivity contribution is 0.196. The summed E-state index contributed by atoms with van der Waals surface area (Å²) < 4.78 is 19.7. The van der Waals surface area contributed by atoms with Gasteiger partial charge in [0.05, 0.1) is 12.8 Å². The van der Waals surface area contributed by atoms with Gasteiger partial charge in [0, 0.05) is 17.1 Å². The fraction of sp³-hybridized carbons (Fsp3) is 0.316. The van der Waals surface area contributed by atoms with Gasteiger partial charge in [-0.25, -0.2) is 9.18 Å². The van der Waals surface area contributed by atoms with Gasteiger partial charge >= 0.3 is 6.03 Å². The molecule has 0 aromatic heterocycles. The van der Waals surface area contributed by atoms with Gasteiger partial charge in [-0.15, -0.1) is 0 Å². The van der Waals surface area contributed by atoms with Crippen molar-refractivity contribution >= 4 is 27.6 Å². The van der Waals surface area contributed by atoms with Gasteiger partial charge in [0.15, 0.2) is 0 Å². The van der Waals surface area contributed by atoms with Gasteiger partial charge in [-0.2, -0.15) is 0 Å². The van der Waals surface area contributed by atoms with Crippen LogP contribution in [0.1, 0.15) is 19.4 Å². The Kier molecular flexibility index (Phi) is 6.82. The van der Waals surface area contributed by atoms with Crippen molar-refractivity contribution in [2.75, 3.05) is 19.0 Å². The lowest BCUT2D eigenvalue weighted by atomic mass is 10.1. The van der Waals surface area contributed by atoms with Gasteiger partial charge in [0.2, 0.25) is 0 Å². The first-order valence-electron chi connectivity index (χ1n) is 8.10. The van der Waals surface area contributed by atoms with Crippen molar-refractivity contribution in [3.63, 3.8) is 0 Å². The molecule has 1 N–H and O–H groups in total. The summed E-state index contributed by atoms with van der Waals surface area (Å²) >= 11 is 3.20. The molecule has 0 aliphatic carbocycles. The second-order valence-corrected chi connectivity index (χ2v) is 6.66. The zero-order valence-electron chi connectivity index (χ0n) is 14.6. The molecule has 0 bridgehead atoms. The van der Waals surface area contributed by atoms with Gasteiger partial charge in [0.25, 0.3) is 0 Å². The fourth-order valence-electron chi connectivity index (χ4n) is 2.65. The number of carbonyl (C=O) groups excluding carboxylic acids is 1. The SMILES string of the molecule is CCN(C(=O)Nc1ccc(Br)cc1F)C(C)Cc1ccc(OC)cc1. The molecule has 0 aliphatic rings. The first kappa shape index (κ1) is 19.2. The van der Waals surface area contributed by atoms with Crippen LogP contribution in [0.15, 0.2) is 46.9 Å². The van der Waals surface area contributed by atoms with E-state index in [4.69, 9.17) is 4.74 Å². The van der Waals surface area contributed by atoms with E-state index in [1.54, 1.807) is 24.1 Å². The van der Waals surface area contributed by atoms with Crippen LogP contribution < -0.4 is 10.1 Å². The number of halogens is 2. The number of carbonyl (C=O) groups is 1. The minimum absolute atomic E-state index is 0.0306. The lowest BCUT2D eigenvalue weighted by Gasteiger charge is -2.28. The van der Waals surface area contributed by atoms with E-state index < -0.39 is 5.82 Å². The molecule has 6 heteroatoms. The highest BCUT2D eigenvalue weighted by Gasteiger charge is 2.20. The van der Waals surface area contributed by atoms with Crippen LogP contribution >= 0.6 is 15.9 Å². The number of urea groups is 1. The molecular formula is C19H22BrFN2O2. The summed E-state index contributed by atoms with van der Waals surface area (Å²) in [5.41, 5.74) is 1.28. The largest absolute Gasteiger partial charge is 0.497 e. The van der Waals surface area contributed by atoms with Crippen LogP contribution in [0.2, 0.25) is 0 Å². The van der Waals surface area contributed by atoms with Gasteiger partial charge in [0.1, 0.15) is 11.6 Å². The van der Waals surface area contributed by atoms with Crippen LogP contribution in [0.25, 0.3) is 0 Å². The molecule has 0 saturated carbocycles. The number of methoxy groups -OCH3 is 1. The molecule has 0 heterocycles. The standard InChI is InChI=1S/C19H22BrFN2O2/c1-4-23(13(2)11-14-5-8-16(25-3)9-6-14)19(24)22-18-10-7-15(20)12-17(18)21/h5-10,12-13H,4,11H2,1-3H3,(H,22,24). The average Bonchev–Trinajstić information content (AvgIpc) is 2.58. The van der Waals surface area contributed by atoms with Crippen molar-refractivity contribution in [1.29, 1.82) is 0 Å². The van der Waals surface area contributed by atoms with E-state index in [1.807, 2.05) is 38.1 Å². The number of amides is 2. The van der Waals surface area contributed by atoms with Crippen molar-refractivity contribution in [3.8, 4) is 5.75 Å². The molecule has 2 aromatic rings. The number of nitrogens with one attached hydrogen (secondary N) is 1. The molecule has 4 nitrogen and oxygen atoms in total. The van der Waals surface area contributed by atoms with E-state index in [9.17, 15) is 9.18 Å². The van der Waals surface area contributed by atoms with E-state index in [2.05, 4.69) is 21.2 Å². The Hall–Kier alpha value is -2.08. The van der Waals surface area contributed by atoms with Crippen LogP contribution in [-0.4, -0.2) is 30.6 Å². The van der Waals surface area contributed by atoms with E-state index in [-0.39, 0.29) is 17.8 Å². The number of nitrogens with zero attached hydrogens (tertiary/aromatic N) is 1. The molecule has 0 aliphatic heterocycles. The van der Waals surface area contributed by atoms with Crippen molar-refractivity contribution in [2.45, 2.75) is 26.3 Å². The highest BCUT2D eigenvalue weighted by atomic mass is 79.9. The quantitative estimate of drug-likeness (QED) is 0.723. The summed E-state index contributed by atoms with van der Waals surface area (Å²) in [6, 6.07) is 12.0. The summed E-state index contributed by atoms with van der Waals surface area (Å²) in [6.45, 7) is 4.41. The predicted octanol–water partition coefficient (Wildman–Crippen LogP) is 5.08. The number of anilines is 1. The maximum atomic E-state index is 13.9. The van der Waals surface area contributed by atoms with Crippen LogP contribution in [0.5, 0.6) is 5.75 Å². The van der Waals surface area contributed by atoms with Crippen molar-refractivity contribution in [1.82, 2.24) is 4.90 Å². The number of likely N-dealkylation sites (N-methyl/N-ethyl adjacent to an activating group) is 1. The summed E-state index contributed by atoms with van der Waals surface area (Å²) in [6.07, 6.45) is 0.702. The number of hydrogen-bond acceptors (Lipinski definition) is 2. The molecule has 134 valence electrons. The minimum atomic E-state index is -0.471. The molecule has 0 spiro atoms. The summed E-state index contributed by atoms with van der Waals surface area (Å²) in [4.78, 5) is 14.2. The Morgan fingerprint density at radius 1 is 1.28 bits per heavy atom. The topological polar surface area (TPSA) is 41.6 Å². The zero-order chi connectivity index (χ0) is 18.4. The molecular weight excluding hydrogens is 387 g/mol. The molecule has 0 saturated heterocycles. The van der Waals surface area contributed by atoms with Crippen molar-refractivity contribution < 1.29 is 13.9 Å². The minimum Gasteiger partial charge on any atom is -0.497 e. The maximum Gasteiger partial charge on any atom is 0.322 e. The number of benzene rings is 2. The molecule has 1 unspecified atom stereocenters. The van der Waals surface area contributed by atoms with Crippen molar-refractivity contribution in [2.24, 2.45) is 0 Å². The van der Waals surface area contributed by atoms with Crippen LogP contribution in [0.4, 0.5) is 14.9 Å². The maximum absolute atomic E-state index is 13.9. The summed E-state index contributed by atoms with van der Waals surface area (Å²) in [5, 5.41) is 2.64. The molecule has 2 amide bonds. The fourth-order valence-corrected chi connectivity index (χ4v) is 2.98. The summed E-state index contributed by atoms with van der Waals surface area (Å²) in [7, 11) is 1.63. The smallest absolute Gasteiger partial charge is 0.322 e. The predicted molar refractivity (Wildman–Crippen MR) is 102 cm³/mol. The van der Waals surface area contributed by atoms with Crippen LogP contribution in [0, 0.1) is 5.82 Å². The second-order valence-electron chi connectivity index (χ2n) is 5.74. The van der Waals surface area contributed by atoms with Crippen LogP contribution in [0.3, 0.4) is 0 Å². The number of rotatable bonds is 6. The van der Waals surface area contributed by atoms with E-state index in [1.165, 1.54) is 6.07 Å². The molecule has 25 heavy (non-hydrogen) atoms. The van der Waals surface area contributed by atoms with Crippen LogP contribution in [-0.2, 0) is 6.42 Å². The monoisotopic (exact) mass is 408 g/mol. The second kappa shape index (κ2) is 8.85.